The first kappa shape index (κ1) is 38.7. The third-order valence-electron chi connectivity index (χ3n) is 6.64. The average molecular weight is 495 g/mol. The van der Waals surface area contributed by atoms with E-state index in [0.29, 0.717) is 5.92 Å². The van der Waals surface area contributed by atoms with Crippen molar-refractivity contribution in [2.45, 2.75) is 171 Å². The van der Waals surface area contributed by atoms with Crippen molar-refractivity contribution in [2.75, 3.05) is 6.61 Å². The van der Waals surface area contributed by atoms with Crippen molar-refractivity contribution >= 4 is 0 Å². The van der Waals surface area contributed by atoms with Gasteiger partial charge in [-0.05, 0) is 72.5 Å². The summed E-state index contributed by atoms with van der Waals surface area (Å²) in [5.41, 5.74) is 4.56. The largest absolute Gasteiger partial charge is 0.396 e. The first-order chi connectivity index (χ1) is 16.4. The molecule has 0 aromatic heterocycles. The number of benzene rings is 1. The van der Waals surface area contributed by atoms with Crippen LogP contribution in [-0.2, 0) is 5.41 Å². The summed E-state index contributed by atoms with van der Waals surface area (Å²) in [4.78, 5) is 0. The molecule has 0 radical (unpaired) electrons. The molecule has 1 aliphatic carbocycles. The van der Waals surface area contributed by atoms with E-state index >= 15 is 0 Å². The third-order valence-corrected chi connectivity index (χ3v) is 6.64. The van der Waals surface area contributed by atoms with Gasteiger partial charge in [-0.1, -0.05) is 127 Å². The molecular weight excluding hydrogens is 428 g/mol. The molecule has 0 spiro atoms. The summed E-state index contributed by atoms with van der Waals surface area (Å²) in [5, 5.41) is 20.0. The molecule has 1 saturated carbocycles. The minimum Gasteiger partial charge on any atom is -0.396 e. The molecule has 2 heteroatoms. The molecule has 1 aromatic carbocycles. The topological polar surface area (TPSA) is 40.5 Å². The maximum Gasteiger partial charge on any atom is 0.0546 e. The highest BCUT2D eigenvalue weighted by Crippen LogP contribution is 2.46. The highest BCUT2D eigenvalue weighted by molar-refractivity contribution is 5.41. The van der Waals surface area contributed by atoms with Crippen LogP contribution in [0, 0.1) is 0 Å². The van der Waals surface area contributed by atoms with Gasteiger partial charge in [0.25, 0.3) is 0 Å². The maximum atomic E-state index is 10.4. The van der Waals surface area contributed by atoms with Gasteiger partial charge in [-0.25, -0.2) is 0 Å². The van der Waals surface area contributed by atoms with Crippen molar-refractivity contribution in [1.29, 1.82) is 0 Å². The minimum absolute atomic E-state index is 0. The van der Waals surface area contributed by atoms with Crippen molar-refractivity contribution in [1.82, 2.24) is 0 Å². The standard InChI is InChI=1S/C26H44O2.3C2H6.CH4/c1-5-7-8-9-16-26(3,4)22-13-14-24(25(19-22)20-11-12-20)21(15-17-27)18-23(28)10-6-2;3*1-2;/h13-14,19-21,23,27-28H,5-12,15-18H2,1-4H3;3*1-2H3;1H4. The predicted octanol–water partition coefficient (Wildman–Crippen LogP) is 10.5. The second kappa shape index (κ2) is 23.5. The molecule has 0 amide bonds. The second-order valence-electron chi connectivity index (χ2n) is 9.70. The minimum atomic E-state index is -0.261. The normalized spacial score (nSPS) is 14.1. The molecule has 0 heterocycles. The number of aliphatic hydroxyl groups is 2. The number of rotatable bonds is 14. The van der Waals surface area contributed by atoms with Gasteiger partial charge in [0.15, 0.2) is 0 Å². The van der Waals surface area contributed by atoms with Gasteiger partial charge in [-0.3, -0.25) is 0 Å². The zero-order valence-corrected chi connectivity index (χ0v) is 24.8. The Labute approximate surface area is 222 Å². The van der Waals surface area contributed by atoms with Crippen LogP contribution in [-0.4, -0.2) is 22.9 Å². The maximum absolute atomic E-state index is 10.4. The molecule has 0 saturated heterocycles. The SMILES string of the molecule is C.CC.CC.CC.CCCCCCC(C)(C)c1ccc(C(CCO)CC(O)CCC)c(C2CC2)c1. The van der Waals surface area contributed by atoms with E-state index in [1.165, 1.54) is 61.6 Å². The van der Waals surface area contributed by atoms with E-state index in [-0.39, 0.29) is 31.5 Å². The molecule has 2 N–H and O–H groups in total. The highest BCUT2D eigenvalue weighted by Gasteiger charge is 2.31. The molecule has 2 rings (SSSR count). The van der Waals surface area contributed by atoms with Crippen LogP contribution in [0.25, 0.3) is 0 Å². The summed E-state index contributed by atoms with van der Waals surface area (Å²) in [5.74, 6) is 0.958. The molecule has 1 fully saturated rings. The summed E-state index contributed by atoms with van der Waals surface area (Å²) < 4.78 is 0. The lowest BCUT2D eigenvalue weighted by atomic mass is 9.77. The Bertz CT molecular complexity index is 574. The fourth-order valence-electron chi connectivity index (χ4n) is 4.59. The van der Waals surface area contributed by atoms with Crippen molar-refractivity contribution in [2.24, 2.45) is 0 Å². The van der Waals surface area contributed by atoms with Gasteiger partial charge in [0.05, 0.1) is 6.10 Å². The Hall–Kier alpha value is -0.860. The first-order valence-corrected chi connectivity index (χ1v) is 14.9. The lowest BCUT2D eigenvalue weighted by Gasteiger charge is -2.29. The Morgan fingerprint density at radius 3 is 1.97 bits per heavy atom. The van der Waals surface area contributed by atoms with Crippen LogP contribution in [0.2, 0.25) is 0 Å². The van der Waals surface area contributed by atoms with Crippen LogP contribution < -0.4 is 0 Å². The van der Waals surface area contributed by atoms with E-state index < -0.39 is 0 Å². The van der Waals surface area contributed by atoms with Gasteiger partial charge in [0.2, 0.25) is 0 Å². The van der Waals surface area contributed by atoms with Crippen LogP contribution in [0.1, 0.15) is 176 Å². The van der Waals surface area contributed by atoms with E-state index in [2.05, 4.69) is 45.9 Å². The summed E-state index contributed by atoms with van der Waals surface area (Å²) in [6.45, 7) is 21.4. The van der Waals surface area contributed by atoms with Crippen LogP contribution in [0.5, 0.6) is 0 Å². The van der Waals surface area contributed by atoms with Crippen molar-refractivity contribution in [3.8, 4) is 0 Å². The Morgan fingerprint density at radius 2 is 1.49 bits per heavy atom. The fraction of sp³-hybridized carbons (Fsp3) is 0.818. The van der Waals surface area contributed by atoms with E-state index in [0.717, 1.165) is 25.7 Å². The number of hydrogen-bond donors (Lipinski definition) is 2. The van der Waals surface area contributed by atoms with E-state index in [1.54, 1.807) is 0 Å². The molecule has 1 aliphatic rings. The van der Waals surface area contributed by atoms with Crippen LogP contribution in [0.15, 0.2) is 18.2 Å². The molecule has 35 heavy (non-hydrogen) atoms. The van der Waals surface area contributed by atoms with E-state index in [9.17, 15) is 10.2 Å². The van der Waals surface area contributed by atoms with Crippen molar-refractivity contribution < 1.29 is 10.2 Å². The van der Waals surface area contributed by atoms with Crippen molar-refractivity contribution in [3.05, 3.63) is 34.9 Å². The zero-order chi connectivity index (χ0) is 26.6. The Balaban J connectivity index is -0.00000135. The summed E-state index contributed by atoms with van der Waals surface area (Å²) in [6.07, 6.45) is 12.2. The van der Waals surface area contributed by atoms with Gasteiger partial charge in [0.1, 0.15) is 0 Å². The highest BCUT2D eigenvalue weighted by atomic mass is 16.3. The summed E-state index contributed by atoms with van der Waals surface area (Å²) in [6, 6.07) is 7.14. The molecule has 2 atom stereocenters. The van der Waals surface area contributed by atoms with Crippen LogP contribution in [0.3, 0.4) is 0 Å². The summed E-state index contributed by atoms with van der Waals surface area (Å²) in [7, 11) is 0. The molecule has 1 aromatic rings. The molecule has 0 aliphatic heterocycles. The molecule has 2 nitrogen and oxygen atoms in total. The lowest BCUT2D eigenvalue weighted by molar-refractivity contribution is 0.138. The Morgan fingerprint density at radius 1 is 0.886 bits per heavy atom. The number of unbranched alkanes of at least 4 members (excludes halogenated alkanes) is 3. The quantitative estimate of drug-likeness (QED) is 0.252. The molecular formula is C33H66O2. The van der Waals surface area contributed by atoms with Crippen molar-refractivity contribution in [3.63, 3.8) is 0 Å². The average Bonchev–Trinajstić information content (AvgIpc) is 3.71. The van der Waals surface area contributed by atoms with Crippen LogP contribution in [0.4, 0.5) is 0 Å². The monoisotopic (exact) mass is 495 g/mol. The van der Waals surface area contributed by atoms with Gasteiger partial charge in [0, 0.05) is 6.61 Å². The number of hydrogen-bond acceptors (Lipinski definition) is 2. The predicted molar refractivity (Wildman–Crippen MR) is 161 cm³/mol. The summed E-state index contributed by atoms with van der Waals surface area (Å²) >= 11 is 0. The van der Waals surface area contributed by atoms with Gasteiger partial charge < -0.3 is 10.2 Å². The first-order valence-electron chi connectivity index (χ1n) is 14.9. The third kappa shape index (κ3) is 15.1. The molecule has 210 valence electrons. The lowest BCUT2D eigenvalue weighted by Crippen LogP contribution is -2.19. The fourth-order valence-corrected chi connectivity index (χ4v) is 4.59. The van der Waals surface area contributed by atoms with E-state index in [1.807, 2.05) is 41.5 Å². The van der Waals surface area contributed by atoms with E-state index in [4.69, 9.17) is 0 Å². The second-order valence-corrected chi connectivity index (χ2v) is 9.70. The Kier molecular flexibility index (Phi) is 26.0. The molecule has 2 unspecified atom stereocenters. The zero-order valence-electron chi connectivity index (χ0n) is 24.8. The van der Waals surface area contributed by atoms with Crippen LogP contribution >= 0.6 is 0 Å². The van der Waals surface area contributed by atoms with Gasteiger partial charge in [-0.2, -0.15) is 0 Å². The van der Waals surface area contributed by atoms with Gasteiger partial charge in [-0.15, -0.1) is 0 Å². The number of aliphatic hydroxyl groups excluding tert-OH is 2. The molecule has 0 bridgehead atoms. The van der Waals surface area contributed by atoms with Gasteiger partial charge >= 0.3 is 0 Å². The smallest absolute Gasteiger partial charge is 0.0546 e.